The summed E-state index contributed by atoms with van der Waals surface area (Å²) >= 11 is 0. The van der Waals surface area contributed by atoms with Gasteiger partial charge in [-0.3, -0.25) is 9.58 Å². The van der Waals surface area contributed by atoms with Crippen LogP contribution >= 0.6 is 0 Å². The molecule has 1 N–H and O–H groups in total. The third kappa shape index (κ3) is 2.63. The van der Waals surface area contributed by atoms with Crippen LogP contribution in [0.3, 0.4) is 0 Å². The summed E-state index contributed by atoms with van der Waals surface area (Å²) in [5.74, 6) is 0. The van der Waals surface area contributed by atoms with Gasteiger partial charge in [-0.25, -0.2) is 0 Å². The molecule has 1 aliphatic carbocycles. The molecule has 2 heterocycles. The summed E-state index contributed by atoms with van der Waals surface area (Å²) in [5.41, 5.74) is 1.77. The zero-order chi connectivity index (χ0) is 14.0. The van der Waals surface area contributed by atoms with E-state index in [0.29, 0.717) is 11.6 Å². The molecule has 1 aliphatic heterocycles. The Morgan fingerprint density at radius 1 is 1.30 bits per heavy atom. The lowest BCUT2D eigenvalue weighted by Crippen LogP contribution is -2.61. The predicted molar refractivity (Wildman–Crippen MR) is 81.7 cm³/mol. The van der Waals surface area contributed by atoms with Gasteiger partial charge in [0.05, 0.1) is 5.69 Å². The number of aromatic nitrogens is 2. The number of nitrogens with one attached hydrogen (secondary N) is 1. The van der Waals surface area contributed by atoms with Gasteiger partial charge < -0.3 is 5.32 Å². The average molecular weight is 276 g/mol. The molecule has 2 fully saturated rings. The lowest BCUT2D eigenvalue weighted by Gasteiger charge is -2.50. The number of nitrogens with zero attached hydrogens (tertiary/aromatic N) is 3. The van der Waals surface area contributed by atoms with Crippen LogP contribution in [0.15, 0.2) is 12.3 Å². The highest BCUT2D eigenvalue weighted by Gasteiger charge is 2.39. The minimum absolute atomic E-state index is 0.405. The van der Waals surface area contributed by atoms with Crippen LogP contribution in [0, 0.1) is 0 Å². The largest absolute Gasteiger partial charge is 0.314 e. The minimum atomic E-state index is 0.405. The standard InChI is InChI=1S/C16H28N4/c1-14(2)20-15(6-9-18-20)12-19-11-10-17-13-16(19)7-4-3-5-8-16/h6,9,14,17H,3-5,7-8,10-13H2,1-2H3. The van der Waals surface area contributed by atoms with Crippen LogP contribution in [0.2, 0.25) is 0 Å². The highest BCUT2D eigenvalue weighted by atomic mass is 15.3. The van der Waals surface area contributed by atoms with E-state index in [2.05, 4.69) is 39.9 Å². The fourth-order valence-corrected chi connectivity index (χ4v) is 3.96. The number of hydrogen-bond donors (Lipinski definition) is 1. The van der Waals surface area contributed by atoms with Crippen molar-refractivity contribution in [3.05, 3.63) is 18.0 Å². The van der Waals surface area contributed by atoms with Gasteiger partial charge in [0.2, 0.25) is 0 Å². The van der Waals surface area contributed by atoms with Gasteiger partial charge in [-0.05, 0) is 32.8 Å². The highest BCUT2D eigenvalue weighted by Crippen LogP contribution is 2.35. The van der Waals surface area contributed by atoms with Gasteiger partial charge in [0.1, 0.15) is 0 Å². The van der Waals surface area contributed by atoms with E-state index in [4.69, 9.17) is 0 Å². The third-order valence-electron chi connectivity index (χ3n) is 5.06. The summed E-state index contributed by atoms with van der Waals surface area (Å²) in [4.78, 5) is 2.73. The van der Waals surface area contributed by atoms with Gasteiger partial charge >= 0.3 is 0 Å². The molecule has 1 aromatic heterocycles. The molecule has 3 rings (SSSR count). The summed E-state index contributed by atoms with van der Waals surface area (Å²) in [6, 6.07) is 2.64. The van der Waals surface area contributed by atoms with Crippen molar-refractivity contribution >= 4 is 0 Å². The number of piperazine rings is 1. The summed E-state index contributed by atoms with van der Waals surface area (Å²) in [5, 5.41) is 8.12. The van der Waals surface area contributed by atoms with Gasteiger partial charge in [0.25, 0.3) is 0 Å². The van der Waals surface area contributed by atoms with Crippen LogP contribution in [0.25, 0.3) is 0 Å². The number of rotatable bonds is 3. The molecule has 0 atom stereocenters. The van der Waals surface area contributed by atoms with Crippen molar-refractivity contribution in [2.45, 2.75) is 64.1 Å². The first-order valence-corrected chi connectivity index (χ1v) is 8.19. The molecule has 2 aliphatic rings. The van der Waals surface area contributed by atoms with Gasteiger partial charge in [-0.1, -0.05) is 19.3 Å². The molecule has 1 saturated heterocycles. The predicted octanol–water partition coefficient (Wildman–Crippen LogP) is 2.57. The third-order valence-corrected chi connectivity index (χ3v) is 5.06. The van der Waals surface area contributed by atoms with Gasteiger partial charge in [-0.15, -0.1) is 0 Å². The fourth-order valence-electron chi connectivity index (χ4n) is 3.96. The minimum Gasteiger partial charge on any atom is -0.314 e. The molecule has 20 heavy (non-hydrogen) atoms. The Hall–Kier alpha value is -0.870. The first kappa shape index (κ1) is 14.1. The lowest BCUT2D eigenvalue weighted by atomic mass is 9.79. The van der Waals surface area contributed by atoms with Crippen molar-refractivity contribution in [2.75, 3.05) is 19.6 Å². The van der Waals surface area contributed by atoms with Crippen LogP contribution in [-0.2, 0) is 6.54 Å². The molecule has 4 heteroatoms. The highest BCUT2D eigenvalue weighted by molar-refractivity contribution is 5.06. The van der Waals surface area contributed by atoms with Crippen LogP contribution in [-0.4, -0.2) is 39.9 Å². The Bertz CT molecular complexity index is 423. The average Bonchev–Trinajstić information content (AvgIpc) is 2.91. The Morgan fingerprint density at radius 2 is 2.10 bits per heavy atom. The maximum absolute atomic E-state index is 4.49. The van der Waals surface area contributed by atoms with E-state index in [0.717, 1.165) is 13.1 Å². The maximum Gasteiger partial charge on any atom is 0.0527 e. The van der Waals surface area contributed by atoms with Crippen molar-refractivity contribution in [2.24, 2.45) is 0 Å². The molecule has 4 nitrogen and oxygen atoms in total. The lowest BCUT2D eigenvalue weighted by molar-refractivity contribution is 0.0187. The molecule has 0 amide bonds. The van der Waals surface area contributed by atoms with E-state index in [1.807, 2.05) is 6.20 Å². The van der Waals surface area contributed by atoms with Crippen molar-refractivity contribution in [3.63, 3.8) is 0 Å². The molecule has 1 spiro atoms. The molecule has 0 unspecified atom stereocenters. The molecule has 1 saturated carbocycles. The fraction of sp³-hybridized carbons (Fsp3) is 0.812. The zero-order valence-electron chi connectivity index (χ0n) is 12.9. The molecule has 1 aromatic rings. The molecule has 112 valence electrons. The summed E-state index contributed by atoms with van der Waals surface area (Å²) in [6.45, 7) is 8.94. The summed E-state index contributed by atoms with van der Waals surface area (Å²) in [6.07, 6.45) is 8.86. The van der Waals surface area contributed by atoms with E-state index >= 15 is 0 Å². The van der Waals surface area contributed by atoms with Gasteiger partial charge in [-0.2, -0.15) is 5.10 Å². The second kappa shape index (κ2) is 5.86. The van der Waals surface area contributed by atoms with Crippen LogP contribution in [0.1, 0.15) is 57.7 Å². The van der Waals surface area contributed by atoms with Crippen LogP contribution in [0.5, 0.6) is 0 Å². The Morgan fingerprint density at radius 3 is 2.85 bits per heavy atom. The second-order valence-electron chi connectivity index (χ2n) is 6.74. The first-order valence-electron chi connectivity index (χ1n) is 8.19. The summed E-state index contributed by atoms with van der Waals surface area (Å²) in [7, 11) is 0. The quantitative estimate of drug-likeness (QED) is 0.921. The monoisotopic (exact) mass is 276 g/mol. The zero-order valence-corrected chi connectivity index (χ0v) is 12.9. The van der Waals surface area contributed by atoms with Crippen molar-refractivity contribution < 1.29 is 0 Å². The SMILES string of the molecule is CC(C)n1nccc1CN1CCNCC12CCCCC2. The molecular formula is C16H28N4. The van der Waals surface area contributed by atoms with E-state index in [9.17, 15) is 0 Å². The molecule has 0 radical (unpaired) electrons. The Balaban J connectivity index is 1.78. The van der Waals surface area contributed by atoms with Crippen molar-refractivity contribution in [3.8, 4) is 0 Å². The van der Waals surface area contributed by atoms with Gasteiger partial charge in [0, 0.05) is 44.0 Å². The molecular weight excluding hydrogens is 248 g/mol. The first-order chi connectivity index (χ1) is 9.71. The van der Waals surface area contributed by atoms with Crippen LogP contribution in [0.4, 0.5) is 0 Å². The molecule has 0 aromatic carbocycles. The van der Waals surface area contributed by atoms with Crippen molar-refractivity contribution in [1.29, 1.82) is 0 Å². The number of hydrogen-bond acceptors (Lipinski definition) is 3. The van der Waals surface area contributed by atoms with Crippen LogP contribution < -0.4 is 5.32 Å². The van der Waals surface area contributed by atoms with E-state index < -0.39 is 0 Å². The summed E-state index contributed by atoms with van der Waals surface area (Å²) < 4.78 is 2.18. The van der Waals surface area contributed by atoms with Gasteiger partial charge in [0.15, 0.2) is 0 Å². The Kier molecular flexibility index (Phi) is 4.13. The topological polar surface area (TPSA) is 33.1 Å². The smallest absolute Gasteiger partial charge is 0.0527 e. The van der Waals surface area contributed by atoms with E-state index in [1.54, 1.807) is 0 Å². The van der Waals surface area contributed by atoms with E-state index in [1.165, 1.54) is 50.9 Å². The van der Waals surface area contributed by atoms with Crippen molar-refractivity contribution in [1.82, 2.24) is 20.0 Å². The Labute approximate surface area is 122 Å². The molecule has 0 bridgehead atoms. The maximum atomic E-state index is 4.49. The normalized spacial score (nSPS) is 23.6. The van der Waals surface area contributed by atoms with E-state index in [-0.39, 0.29) is 0 Å². The second-order valence-corrected chi connectivity index (χ2v) is 6.74.